The zero-order valence-electron chi connectivity index (χ0n) is 10.7. The van der Waals surface area contributed by atoms with Crippen LogP contribution in [0, 0.1) is 0 Å². The number of anilines is 1. The van der Waals surface area contributed by atoms with Crippen LogP contribution in [-0.2, 0) is 4.74 Å². The molecule has 1 saturated heterocycles. The Morgan fingerprint density at radius 3 is 2.61 bits per heavy atom. The van der Waals surface area contributed by atoms with E-state index in [4.69, 9.17) is 19.9 Å². The first kappa shape index (κ1) is 12.7. The van der Waals surface area contributed by atoms with E-state index in [1.54, 1.807) is 12.1 Å². The van der Waals surface area contributed by atoms with Crippen LogP contribution in [0.1, 0.15) is 23.7 Å². The molecule has 1 aromatic carbocycles. The van der Waals surface area contributed by atoms with Crippen molar-refractivity contribution < 1.29 is 19.0 Å². The molecule has 1 fully saturated rings. The van der Waals surface area contributed by atoms with Crippen LogP contribution in [0.5, 0.6) is 11.5 Å². The fourth-order valence-electron chi connectivity index (χ4n) is 1.98. The van der Waals surface area contributed by atoms with E-state index in [0.717, 1.165) is 6.42 Å². The highest BCUT2D eigenvalue weighted by molar-refractivity contribution is 6.07. The van der Waals surface area contributed by atoms with E-state index in [-0.39, 0.29) is 18.0 Å². The molecule has 0 amide bonds. The van der Waals surface area contributed by atoms with Gasteiger partial charge in [0.2, 0.25) is 0 Å². The van der Waals surface area contributed by atoms with Gasteiger partial charge in [-0.2, -0.15) is 0 Å². The zero-order chi connectivity index (χ0) is 13.3. The number of Topliss-reactive ketones (excluding diaryl/α,β-unsaturated/α-hetero) is 1. The maximum Gasteiger partial charge on any atom is 0.200 e. The average Bonchev–Trinajstić information content (AvgIpc) is 3.16. The van der Waals surface area contributed by atoms with Crippen LogP contribution in [0.2, 0.25) is 0 Å². The van der Waals surface area contributed by atoms with E-state index in [9.17, 15) is 4.79 Å². The number of methoxy groups -OCH3 is 2. The fraction of sp³-hybridized carbons (Fsp3) is 0.462. The van der Waals surface area contributed by atoms with E-state index in [1.807, 2.05) is 6.92 Å². The van der Waals surface area contributed by atoms with Crippen LogP contribution < -0.4 is 15.2 Å². The molecule has 0 saturated carbocycles. The first-order valence-electron chi connectivity index (χ1n) is 5.83. The first-order chi connectivity index (χ1) is 8.62. The molecule has 1 aliphatic rings. The number of hydrogen-bond acceptors (Lipinski definition) is 5. The molecule has 2 atom stereocenters. The third kappa shape index (κ3) is 2.13. The van der Waals surface area contributed by atoms with Gasteiger partial charge < -0.3 is 19.9 Å². The number of carbonyl (C=O) groups excluding carboxylic acids is 1. The van der Waals surface area contributed by atoms with Crippen molar-refractivity contribution in [1.82, 2.24) is 0 Å². The van der Waals surface area contributed by atoms with Crippen molar-refractivity contribution in [3.8, 4) is 11.5 Å². The van der Waals surface area contributed by atoms with E-state index < -0.39 is 0 Å². The number of ketones is 1. The molecule has 0 bridgehead atoms. The Morgan fingerprint density at radius 1 is 1.39 bits per heavy atom. The van der Waals surface area contributed by atoms with Gasteiger partial charge in [0, 0.05) is 17.8 Å². The fourth-order valence-corrected chi connectivity index (χ4v) is 1.98. The van der Waals surface area contributed by atoms with Gasteiger partial charge >= 0.3 is 0 Å². The Hall–Kier alpha value is -1.75. The second kappa shape index (κ2) is 4.86. The van der Waals surface area contributed by atoms with Crippen molar-refractivity contribution in [2.24, 2.45) is 0 Å². The predicted octanol–water partition coefficient (Wildman–Crippen LogP) is 1.65. The highest BCUT2D eigenvalue weighted by Crippen LogP contribution is 2.36. The summed E-state index contributed by atoms with van der Waals surface area (Å²) in [7, 11) is 3.03. The van der Waals surface area contributed by atoms with Gasteiger partial charge in [0.05, 0.1) is 25.9 Å². The molecule has 0 radical (unpaired) electrons. The standard InChI is InChI=1S/C13H17NO4/c1-4-9-13(18-9)12(15)11-8(14)5-7(16-2)6-10(11)17-3/h5-6,9,13H,4,14H2,1-3H3. The predicted molar refractivity (Wildman–Crippen MR) is 67.2 cm³/mol. The molecule has 5 nitrogen and oxygen atoms in total. The lowest BCUT2D eigenvalue weighted by molar-refractivity contribution is 0.0951. The summed E-state index contributed by atoms with van der Waals surface area (Å²) in [5.41, 5.74) is 6.61. The Balaban J connectivity index is 2.35. The largest absolute Gasteiger partial charge is 0.497 e. The van der Waals surface area contributed by atoms with E-state index in [2.05, 4.69) is 0 Å². The number of nitrogen functional groups attached to an aromatic ring is 1. The molecule has 2 unspecified atom stereocenters. The van der Waals surface area contributed by atoms with E-state index in [0.29, 0.717) is 22.7 Å². The number of benzene rings is 1. The second-order valence-electron chi connectivity index (χ2n) is 4.16. The van der Waals surface area contributed by atoms with Gasteiger partial charge in [0.1, 0.15) is 17.6 Å². The molecule has 98 valence electrons. The van der Waals surface area contributed by atoms with Gasteiger partial charge in [-0.1, -0.05) is 6.92 Å². The number of epoxide rings is 1. The van der Waals surface area contributed by atoms with Crippen LogP contribution in [0.25, 0.3) is 0 Å². The van der Waals surface area contributed by atoms with Gasteiger partial charge in [0.25, 0.3) is 0 Å². The summed E-state index contributed by atoms with van der Waals surface area (Å²) in [5, 5.41) is 0. The third-order valence-corrected chi connectivity index (χ3v) is 3.05. The molecule has 18 heavy (non-hydrogen) atoms. The third-order valence-electron chi connectivity index (χ3n) is 3.05. The highest BCUT2D eigenvalue weighted by atomic mass is 16.6. The first-order valence-corrected chi connectivity index (χ1v) is 5.83. The average molecular weight is 251 g/mol. The summed E-state index contributed by atoms with van der Waals surface area (Å²) in [5.74, 6) is 0.853. The molecule has 0 spiro atoms. The minimum absolute atomic E-state index is 0.00343. The maximum absolute atomic E-state index is 12.3. The smallest absolute Gasteiger partial charge is 0.200 e. The summed E-state index contributed by atoms with van der Waals surface area (Å²) < 4.78 is 15.6. The van der Waals surface area contributed by atoms with Crippen LogP contribution in [0.3, 0.4) is 0 Å². The zero-order valence-corrected chi connectivity index (χ0v) is 10.7. The van der Waals surface area contributed by atoms with Crippen molar-refractivity contribution in [2.75, 3.05) is 20.0 Å². The summed E-state index contributed by atoms with van der Waals surface area (Å²) >= 11 is 0. The summed E-state index contributed by atoms with van der Waals surface area (Å²) in [4.78, 5) is 12.3. The molecule has 1 aromatic rings. The van der Waals surface area contributed by atoms with Crippen molar-refractivity contribution in [1.29, 1.82) is 0 Å². The van der Waals surface area contributed by atoms with E-state index in [1.165, 1.54) is 14.2 Å². The lowest BCUT2D eigenvalue weighted by atomic mass is 10.0. The summed E-state index contributed by atoms with van der Waals surface area (Å²) in [6.07, 6.45) is 0.428. The molecule has 2 rings (SSSR count). The van der Waals surface area contributed by atoms with Gasteiger partial charge in [0.15, 0.2) is 5.78 Å². The molecule has 0 aliphatic carbocycles. The Morgan fingerprint density at radius 2 is 2.11 bits per heavy atom. The molecule has 1 heterocycles. The topological polar surface area (TPSA) is 74.1 Å². The number of nitrogens with two attached hydrogens (primary N) is 1. The Kier molecular flexibility index (Phi) is 3.43. The normalized spacial score (nSPS) is 21.5. The van der Waals surface area contributed by atoms with Crippen molar-refractivity contribution >= 4 is 11.5 Å². The van der Waals surface area contributed by atoms with Crippen LogP contribution in [-0.4, -0.2) is 32.2 Å². The minimum atomic E-state index is -0.389. The molecular weight excluding hydrogens is 234 g/mol. The highest BCUT2D eigenvalue weighted by Gasteiger charge is 2.45. The van der Waals surface area contributed by atoms with Crippen molar-refractivity contribution in [2.45, 2.75) is 25.6 Å². The van der Waals surface area contributed by atoms with Crippen molar-refractivity contribution in [3.05, 3.63) is 17.7 Å². The number of carbonyl (C=O) groups is 1. The monoisotopic (exact) mass is 251 g/mol. The Bertz CT molecular complexity index is 472. The Labute approximate surface area is 106 Å². The van der Waals surface area contributed by atoms with Gasteiger partial charge in [-0.3, -0.25) is 4.79 Å². The molecular formula is C13H17NO4. The number of ether oxygens (including phenoxy) is 3. The van der Waals surface area contributed by atoms with Crippen LogP contribution in [0.4, 0.5) is 5.69 Å². The minimum Gasteiger partial charge on any atom is -0.497 e. The van der Waals surface area contributed by atoms with Crippen LogP contribution in [0.15, 0.2) is 12.1 Å². The van der Waals surface area contributed by atoms with Crippen molar-refractivity contribution in [3.63, 3.8) is 0 Å². The van der Waals surface area contributed by atoms with Gasteiger partial charge in [-0.25, -0.2) is 0 Å². The van der Waals surface area contributed by atoms with Gasteiger partial charge in [-0.05, 0) is 6.42 Å². The summed E-state index contributed by atoms with van der Waals surface area (Å²) in [6.45, 7) is 1.98. The quantitative estimate of drug-likeness (QED) is 0.489. The lowest BCUT2D eigenvalue weighted by Gasteiger charge is -2.11. The van der Waals surface area contributed by atoms with Crippen LogP contribution >= 0.6 is 0 Å². The molecule has 1 aliphatic heterocycles. The number of hydrogen-bond donors (Lipinski definition) is 1. The maximum atomic E-state index is 12.3. The molecule has 2 N–H and O–H groups in total. The number of rotatable bonds is 5. The van der Waals surface area contributed by atoms with Gasteiger partial charge in [-0.15, -0.1) is 0 Å². The lowest BCUT2D eigenvalue weighted by Crippen LogP contribution is -2.14. The summed E-state index contributed by atoms with van der Waals surface area (Å²) in [6, 6.07) is 3.26. The molecule has 0 aromatic heterocycles. The second-order valence-corrected chi connectivity index (χ2v) is 4.16. The van der Waals surface area contributed by atoms with E-state index >= 15 is 0 Å². The molecule has 5 heteroatoms. The SMILES string of the molecule is CCC1OC1C(=O)c1c(N)cc(OC)cc1OC.